The fourth-order valence-electron chi connectivity index (χ4n) is 3.21. The molecule has 0 amide bonds. The van der Waals surface area contributed by atoms with Gasteiger partial charge in [0, 0.05) is 46.0 Å². The minimum absolute atomic E-state index is 0. The molecule has 3 rings (SSSR count). The number of aromatic nitrogens is 2. The molecule has 1 aliphatic rings. The van der Waals surface area contributed by atoms with E-state index in [1.807, 2.05) is 31.0 Å². The molecule has 1 aromatic carbocycles. The van der Waals surface area contributed by atoms with E-state index < -0.39 is 0 Å². The molecule has 1 aromatic heterocycles. The quantitative estimate of drug-likeness (QED) is 0.402. The molecule has 0 bridgehead atoms. The number of nitrogens with zero attached hydrogens (tertiary/aromatic N) is 4. The number of aliphatic imine (C=N–C) groups is 1. The van der Waals surface area contributed by atoms with Crippen LogP contribution in [0.25, 0.3) is 0 Å². The molecule has 1 aliphatic heterocycles. The molecular formula is C19H29IN6. The predicted octanol–water partition coefficient (Wildman–Crippen LogP) is 2.37. The Balaban J connectivity index is 0.00000243. The van der Waals surface area contributed by atoms with Gasteiger partial charge in [-0.25, -0.2) is 0 Å². The second-order valence-electron chi connectivity index (χ2n) is 6.55. The fraction of sp³-hybridized carbons (Fsp3) is 0.474. The Hall–Kier alpha value is -1.61. The van der Waals surface area contributed by atoms with Crippen LogP contribution in [0.1, 0.15) is 24.1 Å². The number of guanidine groups is 1. The monoisotopic (exact) mass is 468 g/mol. The van der Waals surface area contributed by atoms with Gasteiger partial charge in [-0.05, 0) is 24.5 Å². The molecule has 0 saturated carbocycles. The van der Waals surface area contributed by atoms with E-state index in [9.17, 15) is 0 Å². The van der Waals surface area contributed by atoms with Crippen molar-refractivity contribution in [3.05, 3.63) is 53.9 Å². The number of aryl methyl sites for hydroxylation is 1. The Labute approximate surface area is 173 Å². The van der Waals surface area contributed by atoms with Crippen LogP contribution in [0.2, 0.25) is 0 Å². The Kier molecular flexibility index (Phi) is 8.37. The van der Waals surface area contributed by atoms with Gasteiger partial charge in [-0.1, -0.05) is 30.3 Å². The van der Waals surface area contributed by atoms with E-state index in [0.29, 0.717) is 6.04 Å². The summed E-state index contributed by atoms with van der Waals surface area (Å²) in [5, 5.41) is 11.1. The maximum absolute atomic E-state index is 4.35. The Morgan fingerprint density at radius 3 is 2.54 bits per heavy atom. The van der Waals surface area contributed by atoms with E-state index >= 15 is 0 Å². The molecule has 0 atom stereocenters. The van der Waals surface area contributed by atoms with Gasteiger partial charge in [-0.2, -0.15) is 5.10 Å². The van der Waals surface area contributed by atoms with Crippen molar-refractivity contribution >= 4 is 29.9 Å². The molecule has 0 unspecified atom stereocenters. The number of rotatable bonds is 5. The zero-order valence-electron chi connectivity index (χ0n) is 15.6. The molecule has 0 spiro atoms. The molecular weight excluding hydrogens is 439 g/mol. The van der Waals surface area contributed by atoms with Gasteiger partial charge in [-0.3, -0.25) is 14.6 Å². The lowest BCUT2D eigenvalue weighted by Gasteiger charge is -2.33. The summed E-state index contributed by atoms with van der Waals surface area (Å²) in [6.07, 6.45) is 4.09. The fourth-order valence-corrected chi connectivity index (χ4v) is 3.21. The first-order valence-corrected chi connectivity index (χ1v) is 8.95. The highest BCUT2D eigenvalue weighted by molar-refractivity contribution is 14.0. The summed E-state index contributed by atoms with van der Waals surface area (Å²) in [6.45, 7) is 4.00. The van der Waals surface area contributed by atoms with E-state index in [4.69, 9.17) is 0 Å². The minimum atomic E-state index is 0. The van der Waals surface area contributed by atoms with Crippen molar-refractivity contribution in [2.24, 2.45) is 12.0 Å². The van der Waals surface area contributed by atoms with Gasteiger partial charge in [0.15, 0.2) is 5.96 Å². The first kappa shape index (κ1) is 20.7. The zero-order chi connectivity index (χ0) is 17.5. The summed E-state index contributed by atoms with van der Waals surface area (Å²) in [4.78, 5) is 6.88. The van der Waals surface area contributed by atoms with Crippen LogP contribution in [0.15, 0.2) is 47.6 Å². The Morgan fingerprint density at radius 1 is 1.19 bits per heavy atom. The molecule has 2 N–H and O–H groups in total. The van der Waals surface area contributed by atoms with E-state index in [-0.39, 0.29) is 24.0 Å². The van der Waals surface area contributed by atoms with Crippen LogP contribution in [0.4, 0.5) is 0 Å². The lowest BCUT2D eigenvalue weighted by atomic mass is 10.0. The van der Waals surface area contributed by atoms with E-state index in [2.05, 4.69) is 56.0 Å². The topological polar surface area (TPSA) is 57.5 Å². The SMILES string of the molecule is CN=C(NCc1ccnn1C)NC1CCN(Cc2ccccc2)CC1.I. The highest BCUT2D eigenvalue weighted by atomic mass is 127. The van der Waals surface area contributed by atoms with Crippen LogP contribution >= 0.6 is 24.0 Å². The van der Waals surface area contributed by atoms with Crippen LogP contribution < -0.4 is 10.6 Å². The van der Waals surface area contributed by atoms with Crippen molar-refractivity contribution < 1.29 is 0 Å². The highest BCUT2D eigenvalue weighted by Gasteiger charge is 2.20. The largest absolute Gasteiger partial charge is 0.354 e. The first-order chi connectivity index (χ1) is 12.2. The van der Waals surface area contributed by atoms with E-state index in [1.54, 1.807) is 0 Å². The molecule has 1 saturated heterocycles. The van der Waals surface area contributed by atoms with Crippen LogP contribution in [0.5, 0.6) is 0 Å². The molecule has 6 nitrogen and oxygen atoms in total. The van der Waals surface area contributed by atoms with Gasteiger partial charge in [-0.15, -0.1) is 24.0 Å². The average Bonchev–Trinajstić information content (AvgIpc) is 3.06. The zero-order valence-corrected chi connectivity index (χ0v) is 17.9. The second kappa shape index (κ2) is 10.5. The van der Waals surface area contributed by atoms with Gasteiger partial charge >= 0.3 is 0 Å². The third-order valence-electron chi connectivity index (χ3n) is 4.76. The highest BCUT2D eigenvalue weighted by Crippen LogP contribution is 2.13. The summed E-state index contributed by atoms with van der Waals surface area (Å²) in [5.74, 6) is 0.864. The van der Waals surface area contributed by atoms with E-state index in [0.717, 1.165) is 50.7 Å². The number of halogens is 1. The van der Waals surface area contributed by atoms with Gasteiger partial charge in [0.1, 0.15) is 0 Å². The first-order valence-electron chi connectivity index (χ1n) is 8.95. The van der Waals surface area contributed by atoms with Crippen molar-refractivity contribution in [3.8, 4) is 0 Å². The molecule has 7 heteroatoms. The van der Waals surface area contributed by atoms with Gasteiger partial charge in [0.25, 0.3) is 0 Å². The average molecular weight is 468 g/mol. The maximum atomic E-state index is 4.35. The van der Waals surface area contributed by atoms with Crippen molar-refractivity contribution in [2.75, 3.05) is 20.1 Å². The molecule has 26 heavy (non-hydrogen) atoms. The van der Waals surface area contributed by atoms with Gasteiger partial charge < -0.3 is 10.6 Å². The van der Waals surface area contributed by atoms with Gasteiger partial charge in [0.2, 0.25) is 0 Å². The molecule has 0 radical (unpaired) electrons. The van der Waals surface area contributed by atoms with Crippen molar-refractivity contribution in [3.63, 3.8) is 0 Å². The molecule has 142 valence electrons. The number of hydrogen-bond acceptors (Lipinski definition) is 3. The van der Waals surface area contributed by atoms with Crippen molar-refractivity contribution in [1.29, 1.82) is 0 Å². The number of hydrogen-bond donors (Lipinski definition) is 2. The van der Waals surface area contributed by atoms with Gasteiger partial charge in [0.05, 0.1) is 12.2 Å². The Morgan fingerprint density at radius 2 is 1.92 bits per heavy atom. The van der Waals surface area contributed by atoms with E-state index in [1.165, 1.54) is 5.56 Å². The molecule has 1 fully saturated rings. The summed E-state index contributed by atoms with van der Waals surface area (Å²) in [7, 11) is 3.78. The number of benzene rings is 1. The standard InChI is InChI=1S/C19H28N6.HI/c1-20-19(21-14-18-8-11-22-24(18)2)23-17-9-12-25(13-10-17)15-16-6-4-3-5-7-16;/h3-8,11,17H,9-10,12-15H2,1-2H3,(H2,20,21,23);1H. The lowest BCUT2D eigenvalue weighted by Crippen LogP contribution is -2.48. The van der Waals surface area contributed by atoms with Crippen LogP contribution in [0.3, 0.4) is 0 Å². The van der Waals surface area contributed by atoms with Crippen molar-refractivity contribution in [1.82, 2.24) is 25.3 Å². The number of likely N-dealkylation sites (tertiary alicyclic amines) is 1. The normalized spacial score (nSPS) is 16.2. The van der Waals surface area contributed by atoms with Crippen LogP contribution in [-0.4, -0.2) is 46.8 Å². The second-order valence-corrected chi connectivity index (χ2v) is 6.55. The smallest absolute Gasteiger partial charge is 0.191 e. The maximum Gasteiger partial charge on any atom is 0.191 e. The lowest BCUT2D eigenvalue weighted by molar-refractivity contribution is 0.198. The summed E-state index contributed by atoms with van der Waals surface area (Å²) in [5.41, 5.74) is 2.53. The third-order valence-corrected chi connectivity index (χ3v) is 4.76. The van der Waals surface area contributed by atoms with Crippen LogP contribution in [-0.2, 0) is 20.1 Å². The summed E-state index contributed by atoms with van der Waals surface area (Å²) >= 11 is 0. The summed E-state index contributed by atoms with van der Waals surface area (Å²) < 4.78 is 1.88. The third kappa shape index (κ3) is 5.98. The Bertz CT molecular complexity index is 676. The molecule has 0 aliphatic carbocycles. The van der Waals surface area contributed by atoms with Crippen molar-refractivity contribution in [2.45, 2.75) is 32.0 Å². The minimum Gasteiger partial charge on any atom is -0.354 e. The predicted molar refractivity (Wildman–Crippen MR) is 117 cm³/mol. The van der Waals surface area contributed by atoms with Crippen LogP contribution in [0, 0.1) is 0 Å². The molecule has 2 heterocycles. The summed E-state index contributed by atoms with van der Waals surface area (Å²) in [6, 6.07) is 13.2. The molecule has 2 aromatic rings. The number of nitrogens with one attached hydrogen (secondary N) is 2. The number of piperidine rings is 1.